The molecule has 0 amide bonds. The standard InChI is InChI=1S/C15H25N3O4/c1-16-15(17-8-9-19-2)18-10-11-6-7-12(20-3)14(22-5)13(11)21-4/h6-7H,8-10H2,1-5H3,(H2,16,17,18). The van der Waals surface area contributed by atoms with Crippen LogP contribution in [0.4, 0.5) is 0 Å². The van der Waals surface area contributed by atoms with E-state index in [1.807, 2.05) is 12.1 Å². The third-order valence-electron chi connectivity index (χ3n) is 3.05. The summed E-state index contributed by atoms with van der Waals surface area (Å²) in [5.74, 6) is 2.54. The van der Waals surface area contributed by atoms with Crippen LogP contribution < -0.4 is 24.8 Å². The van der Waals surface area contributed by atoms with E-state index in [-0.39, 0.29) is 0 Å². The normalized spacial score (nSPS) is 11.0. The fourth-order valence-electron chi connectivity index (χ4n) is 1.97. The van der Waals surface area contributed by atoms with Crippen molar-refractivity contribution < 1.29 is 18.9 Å². The summed E-state index contributed by atoms with van der Waals surface area (Å²) < 4.78 is 21.1. The zero-order valence-corrected chi connectivity index (χ0v) is 13.9. The lowest BCUT2D eigenvalue weighted by molar-refractivity contribution is 0.203. The highest BCUT2D eigenvalue weighted by Crippen LogP contribution is 2.39. The van der Waals surface area contributed by atoms with Crippen LogP contribution >= 0.6 is 0 Å². The lowest BCUT2D eigenvalue weighted by Crippen LogP contribution is -2.38. The fraction of sp³-hybridized carbons (Fsp3) is 0.533. The van der Waals surface area contributed by atoms with Crippen molar-refractivity contribution in [3.05, 3.63) is 17.7 Å². The Kier molecular flexibility index (Phi) is 7.91. The largest absolute Gasteiger partial charge is 0.493 e. The van der Waals surface area contributed by atoms with Crippen LogP contribution in [0.3, 0.4) is 0 Å². The minimum atomic E-state index is 0.538. The summed E-state index contributed by atoms with van der Waals surface area (Å²) >= 11 is 0. The van der Waals surface area contributed by atoms with Crippen LogP contribution in [0.15, 0.2) is 17.1 Å². The van der Waals surface area contributed by atoms with Gasteiger partial charge in [0.05, 0.1) is 27.9 Å². The van der Waals surface area contributed by atoms with Crippen molar-refractivity contribution >= 4 is 5.96 Å². The van der Waals surface area contributed by atoms with Crippen molar-refractivity contribution in [3.8, 4) is 17.2 Å². The van der Waals surface area contributed by atoms with Crippen LogP contribution in [0.25, 0.3) is 0 Å². The van der Waals surface area contributed by atoms with Gasteiger partial charge < -0.3 is 29.6 Å². The molecular weight excluding hydrogens is 286 g/mol. The van der Waals surface area contributed by atoms with Crippen molar-refractivity contribution in [1.82, 2.24) is 10.6 Å². The maximum absolute atomic E-state index is 5.45. The second kappa shape index (κ2) is 9.73. The van der Waals surface area contributed by atoms with Crippen LogP contribution in [-0.4, -0.2) is 54.6 Å². The molecule has 124 valence electrons. The number of benzene rings is 1. The Bertz CT molecular complexity index is 492. The summed E-state index contributed by atoms with van der Waals surface area (Å²) in [7, 11) is 8.16. The van der Waals surface area contributed by atoms with Crippen LogP contribution in [0.5, 0.6) is 17.2 Å². The van der Waals surface area contributed by atoms with E-state index in [1.54, 1.807) is 35.5 Å². The maximum atomic E-state index is 5.45. The molecule has 0 unspecified atom stereocenters. The molecule has 0 fully saturated rings. The average molecular weight is 311 g/mol. The highest BCUT2D eigenvalue weighted by molar-refractivity contribution is 5.79. The molecular formula is C15H25N3O4. The quantitative estimate of drug-likeness (QED) is 0.424. The molecule has 0 bridgehead atoms. The molecule has 1 aromatic rings. The number of hydrogen-bond donors (Lipinski definition) is 2. The third kappa shape index (κ3) is 4.70. The van der Waals surface area contributed by atoms with Gasteiger partial charge in [-0.25, -0.2) is 0 Å². The van der Waals surface area contributed by atoms with Gasteiger partial charge in [-0.15, -0.1) is 0 Å². The van der Waals surface area contributed by atoms with Crippen molar-refractivity contribution in [2.75, 3.05) is 48.6 Å². The van der Waals surface area contributed by atoms with Gasteiger partial charge in [-0.05, 0) is 12.1 Å². The Hall–Kier alpha value is -2.15. The molecule has 2 N–H and O–H groups in total. The number of guanidine groups is 1. The Balaban J connectivity index is 2.80. The molecule has 0 spiro atoms. The summed E-state index contributed by atoms with van der Waals surface area (Å²) in [6.07, 6.45) is 0. The van der Waals surface area contributed by atoms with Crippen LogP contribution in [0, 0.1) is 0 Å². The first-order valence-corrected chi connectivity index (χ1v) is 6.93. The number of aliphatic imine (C=N–C) groups is 1. The molecule has 0 aliphatic rings. The zero-order chi connectivity index (χ0) is 16.4. The zero-order valence-electron chi connectivity index (χ0n) is 13.9. The molecule has 0 saturated heterocycles. The third-order valence-corrected chi connectivity index (χ3v) is 3.05. The van der Waals surface area contributed by atoms with E-state index in [1.165, 1.54) is 0 Å². The molecule has 0 radical (unpaired) electrons. The number of ether oxygens (including phenoxy) is 4. The fourth-order valence-corrected chi connectivity index (χ4v) is 1.97. The molecule has 7 nitrogen and oxygen atoms in total. The number of nitrogens with zero attached hydrogens (tertiary/aromatic N) is 1. The summed E-state index contributed by atoms with van der Waals surface area (Å²) in [4.78, 5) is 4.15. The van der Waals surface area contributed by atoms with Gasteiger partial charge in [0, 0.05) is 32.8 Å². The van der Waals surface area contributed by atoms with Crippen molar-refractivity contribution in [2.45, 2.75) is 6.54 Å². The minimum absolute atomic E-state index is 0.538. The maximum Gasteiger partial charge on any atom is 0.203 e. The number of nitrogens with one attached hydrogen (secondary N) is 2. The van der Waals surface area contributed by atoms with E-state index in [4.69, 9.17) is 18.9 Å². The minimum Gasteiger partial charge on any atom is -0.493 e. The van der Waals surface area contributed by atoms with Crippen LogP contribution in [0.2, 0.25) is 0 Å². The highest BCUT2D eigenvalue weighted by atomic mass is 16.5. The van der Waals surface area contributed by atoms with E-state index in [0.29, 0.717) is 42.9 Å². The predicted octanol–water partition coefficient (Wildman–Crippen LogP) is 1.02. The van der Waals surface area contributed by atoms with E-state index in [9.17, 15) is 0 Å². The Morgan fingerprint density at radius 3 is 2.27 bits per heavy atom. The van der Waals surface area contributed by atoms with Crippen molar-refractivity contribution in [1.29, 1.82) is 0 Å². The SMILES string of the molecule is CN=C(NCCOC)NCc1ccc(OC)c(OC)c1OC. The second-order valence-corrected chi connectivity index (χ2v) is 4.34. The number of methoxy groups -OCH3 is 4. The molecule has 0 heterocycles. The molecule has 0 aliphatic heterocycles. The second-order valence-electron chi connectivity index (χ2n) is 4.34. The molecule has 22 heavy (non-hydrogen) atoms. The first-order chi connectivity index (χ1) is 10.7. The van der Waals surface area contributed by atoms with E-state index < -0.39 is 0 Å². The van der Waals surface area contributed by atoms with Gasteiger partial charge in [0.1, 0.15) is 0 Å². The molecule has 0 aliphatic carbocycles. The average Bonchev–Trinajstić information content (AvgIpc) is 2.56. The van der Waals surface area contributed by atoms with E-state index in [0.717, 1.165) is 5.56 Å². The van der Waals surface area contributed by atoms with Gasteiger partial charge in [-0.1, -0.05) is 0 Å². The van der Waals surface area contributed by atoms with Crippen molar-refractivity contribution in [2.24, 2.45) is 4.99 Å². The molecule has 1 rings (SSSR count). The van der Waals surface area contributed by atoms with E-state index >= 15 is 0 Å². The summed E-state index contributed by atoms with van der Waals surface area (Å²) in [6, 6.07) is 3.77. The topological polar surface area (TPSA) is 73.3 Å². The van der Waals surface area contributed by atoms with Crippen molar-refractivity contribution in [3.63, 3.8) is 0 Å². The van der Waals surface area contributed by atoms with Gasteiger partial charge >= 0.3 is 0 Å². The first-order valence-electron chi connectivity index (χ1n) is 6.93. The lowest BCUT2D eigenvalue weighted by Gasteiger charge is -2.17. The Morgan fingerprint density at radius 2 is 1.73 bits per heavy atom. The van der Waals surface area contributed by atoms with E-state index in [2.05, 4.69) is 15.6 Å². The smallest absolute Gasteiger partial charge is 0.203 e. The van der Waals surface area contributed by atoms with Gasteiger partial charge in [0.2, 0.25) is 5.75 Å². The monoisotopic (exact) mass is 311 g/mol. The summed E-state index contributed by atoms with van der Waals surface area (Å²) in [5, 5.41) is 6.36. The van der Waals surface area contributed by atoms with Gasteiger partial charge in [0.15, 0.2) is 17.5 Å². The Morgan fingerprint density at radius 1 is 1.00 bits per heavy atom. The Labute approximate surface area is 131 Å². The number of hydrogen-bond acceptors (Lipinski definition) is 5. The summed E-state index contributed by atoms with van der Waals surface area (Å²) in [6.45, 7) is 1.83. The molecule has 1 aromatic carbocycles. The van der Waals surface area contributed by atoms with Gasteiger partial charge in [-0.3, -0.25) is 4.99 Å². The van der Waals surface area contributed by atoms with Crippen LogP contribution in [0.1, 0.15) is 5.56 Å². The molecule has 0 saturated carbocycles. The molecule has 7 heteroatoms. The number of rotatable bonds is 8. The highest BCUT2D eigenvalue weighted by Gasteiger charge is 2.15. The predicted molar refractivity (Wildman–Crippen MR) is 86.2 cm³/mol. The van der Waals surface area contributed by atoms with Gasteiger partial charge in [0.25, 0.3) is 0 Å². The van der Waals surface area contributed by atoms with Gasteiger partial charge in [-0.2, -0.15) is 0 Å². The molecule has 0 aromatic heterocycles. The van der Waals surface area contributed by atoms with Crippen LogP contribution in [-0.2, 0) is 11.3 Å². The lowest BCUT2D eigenvalue weighted by atomic mass is 10.1. The first kappa shape index (κ1) is 17.9. The summed E-state index contributed by atoms with van der Waals surface area (Å²) in [5.41, 5.74) is 0.940. The molecule has 0 atom stereocenters.